The average Bonchev–Trinajstić information content (AvgIpc) is 2.29. The van der Waals surface area contributed by atoms with Gasteiger partial charge in [0.25, 0.3) is 5.91 Å². The molecular formula is C11H14ClFN2O2. The van der Waals surface area contributed by atoms with Gasteiger partial charge in [0.15, 0.2) is 0 Å². The van der Waals surface area contributed by atoms with Gasteiger partial charge in [-0.05, 0) is 18.4 Å². The highest BCUT2D eigenvalue weighted by Crippen LogP contribution is 2.13. The molecule has 0 bridgehead atoms. The second-order valence-corrected chi connectivity index (χ2v) is 4.18. The average molecular weight is 261 g/mol. The summed E-state index contributed by atoms with van der Waals surface area (Å²) in [4.78, 5) is 15.2. The maximum Gasteiger partial charge on any atom is 0.254 e. The van der Waals surface area contributed by atoms with E-state index >= 15 is 0 Å². The van der Waals surface area contributed by atoms with Crippen molar-refractivity contribution in [3.63, 3.8) is 0 Å². The first-order valence-electron chi connectivity index (χ1n) is 5.24. The van der Waals surface area contributed by atoms with Crippen molar-refractivity contribution in [2.45, 2.75) is 13.3 Å². The van der Waals surface area contributed by atoms with E-state index in [1.165, 1.54) is 0 Å². The van der Waals surface area contributed by atoms with Crippen LogP contribution in [0.1, 0.15) is 23.7 Å². The molecule has 6 heteroatoms. The molecule has 0 spiro atoms. The van der Waals surface area contributed by atoms with Gasteiger partial charge < -0.3 is 10.4 Å². The minimum Gasteiger partial charge on any atom is -0.396 e. The largest absolute Gasteiger partial charge is 0.396 e. The highest BCUT2D eigenvalue weighted by Gasteiger charge is 2.13. The van der Waals surface area contributed by atoms with Crippen LogP contribution in [0.2, 0.25) is 5.15 Å². The third-order valence-electron chi connectivity index (χ3n) is 2.28. The lowest BCUT2D eigenvalue weighted by atomic mass is 10.1. The molecule has 0 aromatic carbocycles. The summed E-state index contributed by atoms with van der Waals surface area (Å²) >= 11 is 5.69. The number of aliphatic hydroxyl groups is 1. The summed E-state index contributed by atoms with van der Waals surface area (Å²) in [6, 6.07) is 1.04. The fraction of sp³-hybridized carbons (Fsp3) is 0.455. The van der Waals surface area contributed by atoms with Crippen LogP contribution >= 0.6 is 11.6 Å². The van der Waals surface area contributed by atoms with Gasteiger partial charge in [0.1, 0.15) is 11.0 Å². The first-order valence-corrected chi connectivity index (χ1v) is 5.62. The van der Waals surface area contributed by atoms with Crippen molar-refractivity contribution in [2.24, 2.45) is 5.92 Å². The minimum absolute atomic E-state index is 0.0165. The zero-order valence-corrected chi connectivity index (χ0v) is 10.2. The summed E-state index contributed by atoms with van der Waals surface area (Å²) in [5.74, 6) is -0.931. The number of carbonyl (C=O) groups is 1. The number of hydrogen-bond acceptors (Lipinski definition) is 3. The summed E-state index contributed by atoms with van der Waals surface area (Å²) in [5.41, 5.74) is 0.0165. The Hall–Kier alpha value is -1.20. The minimum atomic E-state index is -0.608. The normalized spacial score (nSPS) is 12.2. The van der Waals surface area contributed by atoms with Crippen LogP contribution in [0.5, 0.6) is 0 Å². The van der Waals surface area contributed by atoms with Crippen LogP contribution in [0.25, 0.3) is 0 Å². The van der Waals surface area contributed by atoms with Crippen LogP contribution in [0, 0.1) is 11.7 Å². The van der Waals surface area contributed by atoms with E-state index in [0.717, 1.165) is 12.3 Å². The van der Waals surface area contributed by atoms with Gasteiger partial charge in [0.2, 0.25) is 0 Å². The third kappa shape index (κ3) is 4.28. The summed E-state index contributed by atoms with van der Waals surface area (Å²) in [5, 5.41) is 11.3. The summed E-state index contributed by atoms with van der Waals surface area (Å²) in [7, 11) is 0. The SMILES string of the molecule is CC(CCO)CNC(=O)c1cc(F)cnc1Cl. The predicted molar refractivity (Wildman–Crippen MR) is 62.4 cm³/mol. The highest BCUT2D eigenvalue weighted by molar-refractivity contribution is 6.32. The molecule has 4 nitrogen and oxygen atoms in total. The van der Waals surface area contributed by atoms with Gasteiger partial charge in [0.05, 0.1) is 11.8 Å². The number of halogens is 2. The topological polar surface area (TPSA) is 62.2 Å². The number of aliphatic hydroxyl groups excluding tert-OH is 1. The molecular weight excluding hydrogens is 247 g/mol. The standard InChI is InChI=1S/C11H14ClFN2O2/c1-7(2-3-16)5-15-11(17)9-4-8(13)6-14-10(9)12/h4,6-7,16H,2-3,5H2,1H3,(H,15,17). The van der Waals surface area contributed by atoms with Gasteiger partial charge in [-0.1, -0.05) is 18.5 Å². The molecule has 0 aliphatic rings. The Kier molecular flexibility index (Phi) is 5.31. The van der Waals surface area contributed by atoms with Crippen LogP contribution in [-0.4, -0.2) is 29.1 Å². The van der Waals surface area contributed by atoms with E-state index in [1.54, 1.807) is 0 Å². The van der Waals surface area contributed by atoms with Gasteiger partial charge in [-0.15, -0.1) is 0 Å². The number of nitrogens with zero attached hydrogens (tertiary/aromatic N) is 1. The molecule has 1 aromatic heterocycles. The molecule has 0 saturated heterocycles. The van der Waals surface area contributed by atoms with Crippen LogP contribution in [0.3, 0.4) is 0 Å². The zero-order valence-electron chi connectivity index (χ0n) is 9.41. The van der Waals surface area contributed by atoms with E-state index in [0.29, 0.717) is 13.0 Å². The van der Waals surface area contributed by atoms with Gasteiger partial charge >= 0.3 is 0 Å². The molecule has 0 fully saturated rings. The lowest BCUT2D eigenvalue weighted by Crippen LogP contribution is -2.29. The number of amides is 1. The van der Waals surface area contributed by atoms with Gasteiger partial charge in [-0.25, -0.2) is 9.37 Å². The van der Waals surface area contributed by atoms with Crippen LogP contribution in [0.15, 0.2) is 12.3 Å². The van der Waals surface area contributed by atoms with Crippen molar-refractivity contribution in [1.29, 1.82) is 0 Å². The van der Waals surface area contributed by atoms with E-state index in [2.05, 4.69) is 10.3 Å². The molecule has 17 heavy (non-hydrogen) atoms. The predicted octanol–water partition coefficient (Wildman–Crippen LogP) is 1.62. The van der Waals surface area contributed by atoms with E-state index in [9.17, 15) is 9.18 Å². The molecule has 2 N–H and O–H groups in total. The molecule has 0 saturated carbocycles. The second-order valence-electron chi connectivity index (χ2n) is 3.82. The zero-order chi connectivity index (χ0) is 12.8. The van der Waals surface area contributed by atoms with Crippen LogP contribution < -0.4 is 5.32 Å². The van der Waals surface area contributed by atoms with Gasteiger partial charge in [0, 0.05) is 13.2 Å². The quantitative estimate of drug-likeness (QED) is 0.791. The smallest absolute Gasteiger partial charge is 0.254 e. The van der Waals surface area contributed by atoms with Crippen molar-refractivity contribution in [1.82, 2.24) is 10.3 Å². The van der Waals surface area contributed by atoms with Crippen LogP contribution in [-0.2, 0) is 0 Å². The number of carbonyl (C=O) groups excluding carboxylic acids is 1. The monoisotopic (exact) mass is 260 g/mol. The summed E-state index contributed by atoms with van der Waals surface area (Å²) in [6.45, 7) is 2.35. The number of rotatable bonds is 5. The van der Waals surface area contributed by atoms with Crippen molar-refractivity contribution in [3.05, 3.63) is 28.8 Å². The third-order valence-corrected chi connectivity index (χ3v) is 2.58. The second kappa shape index (κ2) is 6.51. The number of hydrogen-bond donors (Lipinski definition) is 2. The Bertz CT molecular complexity index is 401. The Morgan fingerprint density at radius 2 is 2.41 bits per heavy atom. The molecule has 0 aliphatic heterocycles. The van der Waals surface area contributed by atoms with Gasteiger partial charge in [-0.2, -0.15) is 0 Å². The lowest BCUT2D eigenvalue weighted by Gasteiger charge is -2.11. The first-order chi connectivity index (χ1) is 8.04. The van der Waals surface area contributed by atoms with E-state index in [-0.39, 0.29) is 23.2 Å². The van der Waals surface area contributed by atoms with E-state index in [1.807, 2.05) is 6.92 Å². The van der Waals surface area contributed by atoms with Crippen molar-refractivity contribution in [3.8, 4) is 0 Å². The Balaban J connectivity index is 2.61. The fourth-order valence-corrected chi connectivity index (χ4v) is 1.46. The molecule has 1 rings (SSSR count). The maximum atomic E-state index is 12.9. The summed E-state index contributed by atoms with van der Waals surface area (Å²) < 4.78 is 12.9. The molecule has 1 atom stereocenters. The molecule has 1 heterocycles. The van der Waals surface area contributed by atoms with Gasteiger partial charge in [-0.3, -0.25) is 4.79 Å². The lowest BCUT2D eigenvalue weighted by molar-refractivity contribution is 0.0944. The van der Waals surface area contributed by atoms with Crippen molar-refractivity contribution >= 4 is 17.5 Å². The maximum absolute atomic E-state index is 12.9. The Labute approximate surface area is 104 Å². The van der Waals surface area contributed by atoms with E-state index in [4.69, 9.17) is 16.7 Å². The van der Waals surface area contributed by atoms with Crippen molar-refractivity contribution < 1.29 is 14.3 Å². The molecule has 0 aliphatic carbocycles. The molecule has 94 valence electrons. The number of pyridine rings is 1. The first kappa shape index (κ1) is 13.9. The molecule has 0 radical (unpaired) electrons. The molecule has 1 unspecified atom stereocenters. The van der Waals surface area contributed by atoms with E-state index < -0.39 is 11.7 Å². The molecule has 1 amide bonds. The summed E-state index contributed by atoms with van der Waals surface area (Å²) in [6.07, 6.45) is 1.54. The fourth-order valence-electron chi connectivity index (χ4n) is 1.27. The highest BCUT2D eigenvalue weighted by atomic mass is 35.5. The number of aromatic nitrogens is 1. The molecule has 1 aromatic rings. The number of nitrogens with one attached hydrogen (secondary N) is 1. The Morgan fingerprint density at radius 3 is 3.06 bits per heavy atom. The Morgan fingerprint density at radius 1 is 1.71 bits per heavy atom. The van der Waals surface area contributed by atoms with Crippen molar-refractivity contribution in [2.75, 3.05) is 13.2 Å². The van der Waals surface area contributed by atoms with Crippen LogP contribution in [0.4, 0.5) is 4.39 Å².